The SMILES string of the molecule is O=C(NCCCBr)c1cccnc1Cl. The van der Waals surface area contributed by atoms with E-state index in [2.05, 4.69) is 26.2 Å². The highest BCUT2D eigenvalue weighted by Crippen LogP contribution is 2.10. The summed E-state index contributed by atoms with van der Waals surface area (Å²) in [6, 6.07) is 3.34. The van der Waals surface area contributed by atoms with Gasteiger partial charge in [0.2, 0.25) is 0 Å². The summed E-state index contributed by atoms with van der Waals surface area (Å²) in [7, 11) is 0. The number of amides is 1. The van der Waals surface area contributed by atoms with Gasteiger partial charge in [-0.05, 0) is 18.6 Å². The maximum Gasteiger partial charge on any atom is 0.254 e. The smallest absolute Gasteiger partial charge is 0.254 e. The largest absolute Gasteiger partial charge is 0.352 e. The Morgan fingerprint density at radius 2 is 2.43 bits per heavy atom. The summed E-state index contributed by atoms with van der Waals surface area (Å²) in [5.74, 6) is -0.177. The van der Waals surface area contributed by atoms with Gasteiger partial charge in [0, 0.05) is 18.1 Å². The topological polar surface area (TPSA) is 42.0 Å². The first kappa shape index (κ1) is 11.5. The molecule has 0 aliphatic heterocycles. The molecule has 1 heterocycles. The van der Waals surface area contributed by atoms with Crippen LogP contribution in [-0.2, 0) is 0 Å². The van der Waals surface area contributed by atoms with Crippen molar-refractivity contribution >= 4 is 33.4 Å². The lowest BCUT2D eigenvalue weighted by Crippen LogP contribution is -2.25. The van der Waals surface area contributed by atoms with Gasteiger partial charge in [0.15, 0.2) is 0 Å². The number of pyridine rings is 1. The minimum atomic E-state index is -0.177. The third kappa shape index (κ3) is 3.27. The van der Waals surface area contributed by atoms with Gasteiger partial charge in [0.25, 0.3) is 5.91 Å². The predicted molar refractivity (Wildman–Crippen MR) is 60.0 cm³/mol. The highest BCUT2D eigenvalue weighted by atomic mass is 79.9. The van der Waals surface area contributed by atoms with Crippen LogP contribution in [-0.4, -0.2) is 22.8 Å². The highest BCUT2D eigenvalue weighted by molar-refractivity contribution is 9.09. The summed E-state index contributed by atoms with van der Waals surface area (Å²) in [6.45, 7) is 0.634. The lowest BCUT2D eigenvalue weighted by molar-refractivity contribution is 0.0953. The van der Waals surface area contributed by atoms with Gasteiger partial charge in [-0.25, -0.2) is 4.98 Å². The fraction of sp³-hybridized carbons (Fsp3) is 0.333. The summed E-state index contributed by atoms with van der Waals surface area (Å²) in [5, 5.41) is 3.86. The molecule has 1 rings (SSSR count). The number of hydrogen-bond acceptors (Lipinski definition) is 2. The van der Waals surface area contributed by atoms with E-state index in [0.717, 1.165) is 11.8 Å². The van der Waals surface area contributed by atoms with Crippen molar-refractivity contribution in [3.8, 4) is 0 Å². The van der Waals surface area contributed by atoms with E-state index in [9.17, 15) is 4.79 Å². The molecule has 0 aromatic carbocycles. The van der Waals surface area contributed by atoms with Gasteiger partial charge in [0.1, 0.15) is 5.15 Å². The number of nitrogens with one attached hydrogen (secondary N) is 1. The molecule has 0 aliphatic carbocycles. The van der Waals surface area contributed by atoms with Crippen molar-refractivity contribution in [2.24, 2.45) is 0 Å². The van der Waals surface area contributed by atoms with Crippen molar-refractivity contribution in [3.05, 3.63) is 29.0 Å². The molecule has 1 N–H and O–H groups in total. The zero-order valence-electron chi connectivity index (χ0n) is 7.46. The van der Waals surface area contributed by atoms with E-state index in [0.29, 0.717) is 12.1 Å². The van der Waals surface area contributed by atoms with Crippen molar-refractivity contribution in [3.63, 3.8) is 0 Å². The molecule has 1 amide bonds. The number of aromatic nitrogens is 1. The molecule has 0 bridgehead atoms. The second-order valence-electron chi connectivity index (χ2n) is 2.64. The Labute approximate surface area is 96.0 Å². The van der Waals surface area contributed by atoms with Gasteiger partial charge in [-0.15, -0.1) is 0 Å². The average Bonchev–Trinajstić information content (AvgIpc) is 2.18. The maximum atomic E-state index is 11.5. The molecule has 0 saturated heterocycles. The van der Waals surface area contributed by atoms with Crippen LogP contribution in [0.3, 0.4) is 0 Å². The molecule has 0 aliphatic rings. The molecule has 3 nitrogen and oxygen atoms in total. The van der Waals surface area contributed by atoms with Gasteiger partial charge in [0.05, 0.1) is 5.56 Å². The van der Waals surface area contributed by atoms with E-state index in [1.807, 2.05) is 0 Å². The second-order valence-corrected chi connectivity index (χ2v) is 3.79. The molecule has 76 valence electrons. The monoisotopic (exact) mass is 276 g/mol. The molecular weight excluding hydrogens is 267 g/mol. The van der Waals surface area contributed by atoms with Gasteiger partial charge >= 0.3 is 0 Å². The molecule has 0 spiro atoms. The van der Waals surface area contributed by atoms with Crippen LogP contribution in [0.25, 0.3) is 0 Å². The minimum absolute atomic E-state index is 0.177. The van der Waals surface area contributed by atoms with Crippen LogP contribution in [0.5, 0.6) is 0 Å². The summed E-state index contributed by atoms with van der Waals surface area (Å²) in [4.78, 5) is 15.3. The molecule has 5 heteroatoms. The van der Waals surface area contributed by atoms with Gasteiger partial charge < -0.3 is 5.32 Å². The Kier molecular flexibility index (Phi) is 4.90. The zero-order valence-corrected chi connectivity index (χ0v) is 9.81. The number of hydrogen-bond donors (Lipinski definition) is 1. The van der Waals surface area contributed by atoms with E-state index >= 15 is 0 Å². The van der Waals surface area contributed by atoms with E-state index in [1.165, 1.54) is 0 Å². The van der Waals surface area contributed by atoms with Crippen LogP contribution in [0, 0.1) is 0 Å². The number of nitrogens with zero attached hydrogens (tertiary/aromatic N) is 1. The first-order valence-corrected chi connectivity index (χ1v) is 5.70. The van der Waals surface area contributed by atoms with Crippen LogP contribution in [0.4, 0.5) is 0 Å². The van der Waals surface area contributed by atoms with Crippen LogP contribution in [0.2, 0.25) is 5.15 Å². The Bertz CT molecular complexity index is 319. The first-order valence-electron chi connectivity index (χ1n) is 4.20. The van der Waals surface area contributed by atoms with Crippen LogP contribution >= 0.6 is 27.5 Å². The van der Waals surface area contributed by atoms with Crippen LogP contribution in [0.1, 0.15) is 16.8 Å². The molecule has 14 heavy (non-hydrogen) atoms. The quantitative estimate of drug-likeness (QED) is 0.521. The third-order valence-electron chi connectivity index (χ3n) is 1.60. The number of halogens is 2. The maximum absolute atomic E-state index is 11.5. The van der Waals surface area contributed by atoms with Gasteiger partial charge in [-0.1, -0.05) is 27.5 Å². The van der Waals surface area contributed by atoms with Crippen molar-refractivity contribution in [1.29, 1.82) is 0 Å². The number of carbonyl (C=O) groups is 1. The fourth-order valence-electron chi connectivity index (χ4n) is 0.919. The lowest BCUT2D eigenvalue weighted by atomic mass is 10.2. The van der Waals surface area contributed by atoms with Crippen molar-refractivity contribution < 1.29 is 4.79 Å². The van der Waals surface area contributed by atoms with Crippen molar-refractivity contribution in [2.45, 2.75) is 6.42 Å². The molecule has 1 aromatic heterocycles. The Hall–Kier alpha value is -0.610. The standard InChI is InChI=1S/C9H10BrClN2O/c10-4-2-6-13-9(14)7-3-1-5-12-8(7)11/h1,3,5H,2,4,6H2,(H,13,14). The summed E-state index contributed by atoms with van der Waals surface area (Å²) < 4.78 is 0. The summed E-state index contributed by atoms with van der Waals surface area (Å²) >= 11 is 9.03. The molecular formula is C9H10BrClN2O. The normalized spacial score (nSPS) is 9.86. The van der Waals surface area contributed by atoms with Crippen molar-refractivity contribution in [1.82, 2.24) is 10.3 Å². The Balaban J connectivity index is 2.56. The number of carbonyl (C=O) groups excluding carboxylic acids is 1. The van der Waals surface area contributed by atoms with E-state index in [1.54, 1.807) is 18.3 Å². The highest BCUT2D eigenvalue weighted by Gasteiger charge is 2.08. The van der Waals surface area contributed by atoms with E-state index < -0.39 is 0 Å². The first-order chi connectivity index (χ1) is 6.75. The Morgan fingerprint density at radius 1 is 1.64 bits per heavy atom. The van der Waals surface area contributed by atoms with E-state index in [-0.39, 0.29) is 11.1 Å². The van der Waals surface area contributed by atoms with E-state index in [4.69, 9.17) is 11.6 Å². The summed E-state index contributed by atoms with van der Waals surface area (Å²) in [5.41, 5.74) is 0.420. The molecule has 0 saturated carbocycles. The number of rotatable bonds is 4. The molecule has 1 aromatic rings. The Morgan fingerprint density at radius 3 is 3.07 bits per heavy atom. The van der Waals surface area contributed by atoms with Gasteiger partial charge in [-0.3, -0.25) is 4.79 Å². The zero-order chi connectivity index (χ0) is 10.4. The van der Waals surface area contributed by atoms with Crippen LogP contribution < -0.4 is 5.32 Å². The van der Waals surface area contributed by atoms with Gasteiger partial charge in [-0.2, -0.15) is 0 Å². The van der Waals surface area contributed by atoms with Crippen LogP contribution in [0.15, 0.2) is 18.3 Å². The predicted octanol–water partition coefficient (Wildman–Crippen LogP) is 2.25. The summed E-state index contributed by atoms with van der Waals surface area (Å²) in [6.07, 6.45) is 2.45. The molecule has 0 fully saturated rings. The van der Waals surface area contributed by atoms with Crippen molar-refractivity contribution in [2.75, 3.05) is 11.9 Å². The fourth-order valence-corrected chi connectivity index (χ4v) is 1.40. The second kappa shape index (κ2) is 5.98. The lowest BCUT2D eigenvalue weighted by Gasteiger charge is -2.04. The third-order valence-corrected chi connectivity index (χ3v) is 2.46. The number of alkyl halides is 1. The minimum Gasteiger partial charge on any atom is -0.352 e. The molecule has 0 radical (unpaired) electrons. The molecule has 0 atom stereocenters. The average molecular weight is 278 g/mol. The molecule has 0 unspecified atom stereocenters.